The van der Waals surface area contributed by atoms with Crippen LogP contribution in [0.2, 0.25) is 0 Å². The van der Waals surface area contributed by atoms with Crippen LogP contribution in [0.4, 0.5) is 4.39 Å². The number of benzene rings is 1. The molecule has 148 valence electrons. The van der Waals surface area contributed by atoms with Crippen LogP contribution >= 0.6 is 0 Å². The maximum Gasteiger partial charge on any atom is 0.306 e. The van der Waals surface area contributed by atoms with E-state index in [0.29, 0.717) is 24.5 Å². The molecule has 1 N–H and O–H groups in total. The molecule has 1 saturated heterocycles. The van der Waals surface area contributed by atoms with Crippen molar-refractivity contribution in [2.45, 2.75) is 38.7 Å². The normalized spacial score (nSPS) is 18.9. The Bertz CT molecular complexity index is 940. The summed E-state index contributed by atoms with van der Waals surface area (Å²) in [6.07, 6.45) is 1.69. The van der Waals surface area contributed by atoms with Gasteiger partial charge in [-0.2, -0.15) is 5.10 Å². The summed E-state index contributed by atoms with van der Waals surface area (Å²) in [6, 6.07) is 4.96. The van der Waals surface area contributed by atoms with Gasteiger partial charge in [0.05, 0.1) is 19.1 Å². The lowest BCUT2D eigenvalue weighted by Gasteiger charge is -2.32. The molecule has 28 heavy (non-hydrogen) atoms. The number of hydrogen-bond acceptors (Lipinski definition) is 4. The number of ether oxygens (including phenoxy) is 1. The minimum atomic E-state index is -0.959. The molecule has 0 radical (unpaired) electrons. The lowest BCUT2D eigenvalue weighted by atomic mass is 10.1. The molecule has 7 nitrogen and oxygen atoms in total. The highest BCUT2D eigenvalue weighted by molar-refractivity contribution is 5.94. The van der Waals surface area contributed by atoms with Crippen molar-refractivity contribution >= 4 is 11.9 Å². The number of rotatable bonds is 4. The molecule has 1 atom stereocenters. The number of halogens is 1. The van der Waals surface area contributed by atoms with Gasteiger partial charge < -0.3 is 14.7 Å². The Kier molecular flexibility index (Phi) is 4.89. The maximum atomic E-state index is 14.5. The molecule has 0 saturated carbocycles. The van der Waals surface area contributed by atoms with Crippen molar-refractivity contribution in [1.82, 2.24) is 14.7 Å². The fourth-order valence-electron chi connectivity index (χ4n) is 3.96. The number of carbonyl (C=O) groups excluding carboxylic acids is 1. The number of nitrogens with zero attached hydrogens (tertiary/aromatic N) is 3. The summed E-state index contributed by atoms with van der Waals surface area (Å²) in [7, 11) is 0. The Morgan fingerprint density at radius 1 is 1.36 bits per heavy atom. The number of amides is 1. The van der Waals surface area contributed by atoms with Crippen molar-refractivity contribution in [2.75, 3.05) is 19.7 Å². The summed E-state index contributed by atoms with van der Waals surface area (Å²) < 4.78 is 21.5. The number of aromatic nitrogens is 2. The number of fused-ring (bicyclic) bond motifs is 1. The van der Waals surface area contributed by atoms with Crippen LogP contribution < -0.4 is 0 Å². The van der Waals surface area contributed by atoms with E-state index in [4.69, 9.17) is 9.84 Å². The van der Waals surface area contributed by atoms with Crippen molar-refractivity contribution in [3.63, 3.8) is 0 Å². The van der Waals surface area contributed by atoms with Gasteiger partial charge in [0.2, 0.25) is 0 Å². The number of morpholine rings is 1. The third-order valence-electron chi connectivity index (χ3n) is 5.29. The van der Waals surface area contributed by atoms with Crippen LogP contribution in [0.15, 0.2) is 18.2 Å². The van der Waals surface area contributed by atoms with Gasteiger partial charge in [0.1, 0.15) is 11.5 Å². The largest absolute Gasteiger partial charge is 0.481 e. The molecule has 2 heterocycles. The highest BCUT2D eigenvalue weighted by Gasteiger charge is 2.33. The lowest BCUT2D eigenvalue weighted by molar-refractivity contribution is -0.141. The smallest absolute Gasteiger partial charge is 0.306 e. The Hall–Kier alpha value is -2.74. The van der Waals surface area contributed by atoms with E-state index in [-0.39, 0.29) is 24.7 Å². The predicted octanol–water partition coefficient (Wildman–Crippen LogP) is 2.12. The van der Waals surface area contributed by atoms with Crippen molar-refractivity contribution in [2.24, 2.45) is 0 Å². The molecule has 1 aromatic heterocycles. The molecule has 4 rings (SSSR count). The van der Waals surface area contributed by atoms with Crippen molar-refractivity contribution in [3.05, 3.63) is 46.5 Å². The van der Waals surface area contributed by atoms with Crippen LogP contribution in [0.3, 0.4) is 0 Å². The molecule has 1 fully saturated rings. The first-order valence-electron chi connectivity index (χ1n) is 9.44. The number of carbonyl (C=O) groups is 2. The van der Waals surface area contributed by atoms with E-state index in [1.54, 1.807) is 15.6 Å². The van der Waals surface area contributed by atoms with Crippen LogP contribution in [0, 0.1) is 12.7 Å². The van der Waals surface area contributed by atoms with Crippen LogP contribution in [0.25, 0.3) is 5.69 Å². The van der Waals surface area contributed by atoms with E-state index in [1.165, 1.54) is 6.07 Å². The summed E-state index contributed by atoms with van der Waals surface area (Å²) in [4.78, 5) is 25.7. The van der Waals surface area contributed by atoms with E-state index >= 15 is 0 Å². The summed E-state index contributed by atoms with van der Waals surface area (Å²) in [5.74, 6) is -1.58. The quantitative estimate of drug-likeness (QED) is 0.869. The summed E-state index contributed by atoms with van der Waals surface area (Å²) in [5, 5.41) is 13.5. The summed E-state index contributed by atoms with van der Waals surface area (Å²) in [5.41, 5.74) is 3.24. The second-order valence-corrected chi connectivity index (χ2v) is 7.34. The average molecular weight is 387 g/mol. The van der Waals surface area contributed by atoms with Gasteiger partial charge in [-0.3, -0.25) is 9.59 Å². The highest BCUT2D eigenvalue weighted by Crippen LogP contribution is 2.30. The van der Waals surface area contributed by atoms with Gasteiger partial charge in [0.15, 0.2) is 5.69 Å². The molecule has 1 aliphatic heterocycles. The van der Waals surface area contributed by atoms with E-state index < -0.39 is 12.1 Å². The minimum absolute atomic E-state index is 0.148. The zero-order chi connectivity index (χ0) is 19.8. The standard InChI is InChI=1S/C20H22FN3O4/c1-12-5-6-17(15(21)9-12)24-16-4-2-3-14(16)19(22-24)20(27)23-7-8-28-13(11-23)10-18(25)26/h5-6,9,13H,2-4,7-8,10-11H2,1H3,(H,25,26)/t13-/m0/s1. The fourth-order valence-corrected chi connectivity index (χ4v) is 3.96. The minimum Gasteiger partial charge on any atom is -0.481 e. The Balaban J connectivity index is 1.65. The average Bonchev–Trinajstić information content (AvgIpc) is 3.24. The molecule has 0 unspecified atom stereocenters. The Morgan fingerprint density at radius 2 is 2.18 bits per heavy atom. The fraction of sp³-hybridized carbons (Fsp3) is 0.450. The summed E-state index contributed by atoms with van der Waals surface area (Å²) in [6.45, 7) is 2.71. The first-order chi connectivity index (χ1) is 13.4. The van der Waals surface area contributed by atoms with E-state index in [0.717, 1.165) is 36.1 Å². The zero-order valence-electron chi connectivity index (χ0n) is 15.7. The molecular weight excluding hydrogens is 365 g/mol. The van der Waals surface area contributed by atoms with Crippen LogP contribution in [-0.2, 0) is 22.4 Å². The third-order valence-corrected chi connectivity index (χ3v) is 5.29. The number of hydrogen-bond donors (Lipinski definition) is 1. The van der Waals surface area contributed by atoms with E-state index in [1.807, 2.05) is 13.0 Å². The van der Waals surface area contributed by atoms with Crippen molar-refractivity contribution in [1.29, 1.82) is 0 Å². The van der Waals surface area contributed by atoms with Gasteiger partial charge in [-0.15, -0.1) is 0 Å². The van der Waals surface area contributed by atoms with Crippen molar-refractivity contribution < 1.29 is 23.8 Å². The number of carboxylic acids is 1. The monoisotopic (exact) mass is 387 g/mol. The van der Waals surface area contributed by atoms with Crippen molar-refractivity contribution in [3.8, 4) is 5.69 Å². The number of aliphatic carboxylic acids is 1. The molecule has 2 aliphatic rings. The zero-order valence-corrected chi connectivity index (χ0v) is 15.7. The molecule has 8 heteroatoms. The molecule has 1 amide bonds. The Morgan fingerprint density at radius 3 is 2.93 bits per heavy atom. The SMILES string of the molecule is Cc1ccc(-n2nc(C(=O)N3CCO[C@@H](CC(=O)O)C3)c3c2CCC3)c(F)c1. The second kappa shape index (κ2) is 7.35. The molecule has 0 bridgehead atoms. The topological polar surface area (TPSA) is 84.7 Å². The van der Waals surface area contributed by atoms with Gasteiger partial charge in [-0.25, -0.2) is 9.07 Å². The first-order valence-corrected chi connectivity index (χ1v) is 9.44. The van der Waals surface area contributed by atoms with Crippen LogP contribution in [0.5, 0.6) is 0 Å². The van der Waals surface area contributed by atoms with Crippen LogP contribution in [0.1, 0.15) is 40.2 Å². The summed E-state index contributed by atoms with van der Waals surface area (Å²) >= 11 is 0. The predicted molar refractivity (Wildman–Crippen MR) is 98.2 cm³/mol. The first kappa shape index (κ1) is 18.6. The second-order valence-electron chi connectivity index (χ2n) is 7.34. The van der Waals surface area contributed by atoms with Gasteiger partial charge in [0, 0.05) is 24.3 Å². The Labute approximate surface area is 161 Å². The molecule has 1 aliphatic carbocycles. The lowest BCUT2D eigenvalue weighted by Crippen LogP contribution is -2.46. The molecule has 1 aromatic carbocycles. The van der Waals surface area contributed by atoms with Gasteiger partial charge in [0.25, 0.3) is 5.91 Å². The number of aryl methyl sites for hydroxylation is 1. The third kappa shape index (κ3) is 3.40. The van der Waals surface area contributed by atoms with Gasteiger partial charge >= 0.3 is 5.97 Å². The maximum absolute atomic E-state index is 14.5. The van der Waals surface area contributed by atoms with E-state index in [9.17, 15) is 14.0 Å². The molecular formula is C20H22FN3O4. The van der Waals surface area contributed by atoms with E-state index in [2.05, 4.69) is 5.10 Å². The van der Waals surface area contributed by atoms with Gasteiger partial charge in [-0.05, 0) is 43.9 Å². The van der Waals surface area contributed by atoms with Gasteiger partial charge in [-0.1, -0.05) is 6.07 Å². The molecule has 0 spiro atoms. The molecule has 2 aromatic rings. The highest BCUT2D eigenvalue weighted by atomic mass is 19.1. The van der Waals surface area contributed by atoms with Crippen LogP contribution in [-0.4, -0.2) is 57.5 Å². The number of carboxylic acid groups (broad SMARTS) is 1.